The van der Waals surface area contributed by atoms with Crippen molar-refractivity contribution >= 4 is 39.8 Å². The summed E-state index contributed by atoms with van der Waals surface area (Å²) in [5.74, 6) is -2.41. The highest BCUT2D eigenvalue weighted by Crippen LogP contribution is 2.27. The molecule has 0 radical (unpaired) electrons. The van der Waals surface area contributed by atoms with Gasteiger partial charge in [0.25, 0.3) is 5.91 Å². The fourth-order valence-electron chi connectivity index (χ4n) is 1.52. The standard InChI is InChI=1S/C12H8ClFN2O3S/c1-5-2-8(20-9(5)12(18)19)16-11(17)7-3-6(14)4-15-10(7)13/h2-4H,1H3,(H,16,17)(H,18,19). The van der Waals surface area contributed by atoms with Gasteiger partial charge in [0.2, 0.25) is 0 Å². The number of amides is 1. The molecule has 0 aliphatic rings. The Morgan fingerprint density at radius 2 is 2.15 bits per heavy atom. The average molecular weight is 315 g/mol. The Kier molecular flexibility index (Phi) is 4.01. The first-order chi connectivity index (χ1) is 9.38. The number of halogens is 2. The largest absolute Gasteiger partial charge is 0.477 e. The minimum absolute atomic E-state index is 0.116. The number of hydrogen-bond acceptors (Lipinski definition) is 4. The first-order valence-corrected chi connectivity index (χ1v) is 6.54. The van der Waals surface area contributed by atoms with E-state index in [1.54, 1.807) is 6.92 Å². The number of thiophene rings is 1. The summed E-state index contributed by atoms with van der Waals surface area (Å²) >= 11 is 6.63. The van der Waals surface area contributed by atoms with Crippen LogP contribution in [-0.4, -0.2) is 22.0 Å². The third kappa shape index (κ3) is 2.94. The van der Waals surface area contributed by atoms with Crippen LogP contribution in [-0.2, 0) is 0 Å². The van der Waals surface area contributed by atoms with Gasteiger partial charge in [-0.2, -0.15) is 0 Å². The smallest absolute Gasteiger partial charge is 0.346 e. The zero-order valence-electron chi connectivity index (χ0n) is 10.1. The molecule has 104 valence electrons. The van der Waals surface area contributed by atoms with Gasteiger partial charge in [0.1, 0.15) is 15.8 Å². The molecule has 0 atom stereocenters. The lowest BCUT2D eigenvalue weighted by molar-refractivity contribution is 0.0701. The van der Waals surface area contributed by atoms with Gasteiger partial charge in [-0.1, -0.05) is 11.6 Å². The van der Waals surface area contributed by atoms with Crippen molar-refractivity contribution in [1.82, 2.24) is 4.98 Å². The minimum Gasteiger partial charge on any atom is -0.477 e. The first kappa shape index (κ1) is 14.4. The van der Waals surface area contributed by atoms with Gasteiger partial charge in [-0.3, -0.25) is 4.79 Å². The number of hydrogen-bond donors (Lipinski definition) is 2. The molecule has 2 aromatic heterocycles. The maximum atomic E-state index is 13.0. The maximum Gasteiger partial charge on any atom is 0.346 e. The van der Waals surface area contributed by atoms with Gasteiger partial charge >= 0.3 is 5.97 Å². The fraction of sp³-hybridized carbons (Fsp3) is 0.0833. The van der Waals surface area contributed by atoms with Gasteiger partial charge in [-0.15, -0.1) is 11.3 Å². The van der Waals surface area contributed by atoms with Crippen molar-refractivity contribution in [1.29, 1.82) is 0 Å². The van der Waals surface area contributed by atoms with Crippen LogP contribution in [0.4, 0.5) is 9.39 Å². The van der Waals surface area contributed by atoms with Gasteiger partial charge in [0.15, 0.2) is 0 Å². The molecule has 0 unspecified atom stereocenters. The summed E-state index contributed by atoms with van der Waals surface area (Å²) in [4.78, 5) is 26.5. The second-order valence-corrected chi connectivity index (χ2v) is 5.28. The van der Waals surface area contributed by atoms with Crippen molar-refractivity contribution in [2.45, 2.75) is 6.92 Å². The number of aryl methyl sites for hydroxylation is 1. The Morgan fingerprint density at radius 1 is 1.45 bits per heavy atom. The number of aromatic carboxylic acids is 1. The fourth-order valence-corrected chi connectivity index (χ4v) is 2.61. The van der Waals surface area contributed by atoms with Crippen molar-refractivity contribution < 1.29 is 19.1 Å². The molecule has 8 heteroatoms. The maximum absolute atomic E-state index is 13.0. The second kappa shape index (κ2) is 5.56. The van der Waals surface area contributed by atoms with E-state index in [0.29, 0.717) is 10.6 Å². The predicted octanol–water partition coefficient (Wildman–Crippen LogP) is 3.19. The van der Waals surface area contributed by atoms with Crippen LogP contribution in [0.5, 0.6) is 0 Å². The molecule has 5 nitrogen and oxygen atoms in total. The molecule has 20 heavy (non-hydrogen) atoms. The summed E-state index contributed by atoms with van der Waals surface area (Å²) in [6, 6.07) is 2.48. The third-order valence-corrected chi connectivity index (χ3v) is 3.84. The first-order valence-electron chi connectivity index (χ1n) is 5.34. The van der Waals surface area contributed by atoms with E-state index in [2.05, 4.69) is 10.3 Å². The Balaban J connectivity index is 2.26. The van der Waals surface area contributed by atoms with Gasteiger partial charge in [-0.25, -0.2) is 14.2 Å². The number of carboxylic acid groups (broad SMARTS) is 1. The summed E-state index contributed by atoms with van der Waals surface area (Å²) in [5, 5.41) is 11.6. The Labute approximate surface area is 122 Å². The summed E-state index contributed by atoms with van der Waals surface area (Å²) in [6.07, 6.45) is 0.900. The van der Waals surface area contributed by atoms with Crippen LogP contribution in [0.15, 0.2) is 18.3 Å². The lowest BCUT2D eigenvalue weighted by Crippen LogP contribution is -2.12. The minimum atomic E-state index is -1.07. The predicted molar refractivity (Wildman–Crippen MR) is 73.2 cm³/mol. The lowest BCUT2D eigenvalue weighted by Gasteiger charge is -2.03. The molecule has 2 rings (SSSR count). The molecule has 1 amide bonds. The van der Waals surface area contributed by atoms with E-state index in [9.17, 15) is 14.0 Å². The summed E-state index contributed by atoms with van der Waals surface area (Å²) in [7, 11) is 0. The Morgan fingerprint density at radius 3 is 2.75 bits per heavy atom. The van der Waals surface area contributed by atoms with Gasteiger partial charge in [0, 0.05) is 0 Å². The molecular formula is C12H8ClFN2O3S. The summed E-state index contributed by atoms with van der Waals surface area (Å²) in [6.45, 7) is 1.62. The number of nitrogens with zero attached hydrogens (tertiary/aromatic N) is 1. The zero-order valence-corrected chi connectivity index (χ0v) is 11.7. The van der Waals surface area contributed by atoms with Crippen molar-refractivity contribution in [2.24, 2.45) is 0 Å². The number of carboxylic acids is 1. The van der Waals surface area contributed by atoms with E-state index < -0.39 is 17.7 Å². The topological polar surface area (TPSA) is 79.3 Å². The number of anilines is 1. The van der Waals surface area contributed by atoms with Crippen molar-refractivity contribution in [2.75, 3.05) is 5.32 Å². The number of nitrogens with one attached hydrogen (secondary N) is 1. The summed E-state index contributed by atoms with van der Waals surface area (Å²) < 4.78 is 13.0. The van der Waals surface area contributed by atoms with E-state index in [1.165, 1.54) is 6.07 Å². The molecule has 2 aromatic rings. The molecule has 0 saturated heterocycles. The monoisotopic (exact) mass is 314 g/mol. The van der Waals surface area contributed by atoms with Crippen LogP contribution in [0.3, 0.4) is 0 Å². The SMILES string of the molecule is Cc1cc(NC(=O)c2cc(F)cnc2Cl)sc1C(=O)O. The summed E-state index contributed by atoms with van der Waals surface area (Å²) in [5.41, 5.74) is 0.413. The average Bonchev–Trinajstić information content (AvgIpc) is 2.73. The van der Waals surface area contributed by atoms with Crippen molar-refractivity contribution in [3.63, 3.8) is 0 Å². The number of carbonyl (C=O) groups excluding carboxylic acids is 1. The van der Waals surface area contributed by atoms with E-state index in [4.69, 9.17) is 16.7 Å². The third-order valence-electron chi connectivity index (χ3n) is 2.40. The van der Waals surface area contributed by atoms with E-state index in [0.717, 1.165) is 23.6 Å². The highest BCUT2D eigenvalue weighted by atomic mass is 35.5. The quantitative estimate of drug-likeness (QED) is 0.853. The molecule has 2 N–H and O–H groups in total. The van der Waals surface area contributed by atoms with Crippen LogP contribution in [0, 0.1) is 12.7 Å². The molecule has 0 fully saturated rings. The number of rotatable bonds is 3. The van der Waals surface area contributed by atoms with Crippen LogP contribution >= 0.6 is 22.9 Å². The van der Waals surface area contributed by atoms with Crippen LogP contribution < -0.4 is 5.32 Å². The van der Waals surface area contributed by atoms with Crippen LogP contribution in [0.25, 0.3) is 0 Å². The van der Waals surface area contributed by atoms with Crippen molar-refractivity contribution in [3.05, 3.63) is 45.3 Å². The van der Waals surface area contributed by atoms with E-state index >= 15 is 0 Å². The van der Waals surface area contributed by atoms with Gasteiger partial charge in [0.05, 0.1) is 16.8 Å². The highest BCUT2D eigenvalue weighted by Gasteiger charge is 2.17. The van der Waals surface area contributed by atoms with E-state index in [1.807, 2.05) is 0 Å². The van der Waals surface area contributed by atoms with Crippen molar-refractivity contribution in [3.8, 4) is 0 Å². The molecule has 0 bridgehead atoms. The van der Waals surface area contributed by atoms with Gasteiger partial charge < -0.3 is 10.4 Å². The number of pyridine rings is 1. The molecular weight excluding hydrogens is 307 g/mol. The molecule has 0 aromatic carbocycles. The molecule has 0 saturated carbocycles. The number of aromatic nitrogens is 1. The Bertz CT molecular complexity index is 702. The number of carbonyl (C=O) groups is 2. The van der Waals surface area contributed by atoms with Crippen LogP contribution in [0.1, 0.15) is 25.6 Å². The van der Waals surface area contributed by atoms with Crippen LogP contribution in [0.2, 0.25) is 5.15 Å². The Hall–Kier alpha value is -1.99. The lowest BCUT2D eigenvalue weighted by atomic mass is 10.2. The molecule has 2 heterocycles. The second-order valence-electron chi connectivity index (χ2n) is 3.87. The molecule has 0 aliphatic heterocycles. The zero-order chi connectivity index (χ0) is 14.9. The molecule has 0 aliphatic carbocycles. The van der Waals surface area contributed by atoms with Gasteiger partial charge in [-0.05, 0) is 24.6 Å². The molecule has 0 spiro atoms. The van der Waals surface area contributed by atoms with E-state index in [-0.39, 0.29) is 15.6 Å². The normalized spacial score (nSPS) is 10.3. The highest BCUT2D eigenvalue weighted by molar-refractivity contribution is 7.18.